The maximum absolute atomic E-state index is 11.0. The second kappa shape index (κ2) is 6.24. The van der Waals surface area contributed by atoms with Crippen LogP contribution in [0.1, 0.15) is 0 Å². The van der Waals surface area contributed by atoms with Crippen LogP contribution >= 0.6 is 30.7 Å². The summed E-state index contributed by atoms with van der Waals surface area (Å²) >= 11 is 2.64. The van der Waals surface area contributed by atoms with Crippen molar-refractivity contribution in [2.24, 2.45) is 5.92 Å². The van der Waals surface area contributed by atoms with Crippen LogP contribution < -0.4 is 0 Å². The van der Waals surface area contributed by atoms with E-state index in [2.05, 4.69) is 4.98 Å². The largest absolute Gasteiger partial charge is 0.481 e. The van der Waals surface area contributed by atoms with Gasteiger partial charge in [-0.1, -0.05) is 23.9 Å². The SMILES string of the molecule is O=C(O)C(CSc1nc2ccccc2s1)CP(=O)(O)O. The highest BCUT2D eigenvalue weighted by molar-refractivity contribution is 8.01. The lowest BCUT2D eigenvalue weighted by Crippen LogP contribution is -2.20. The van der Waals surface area contributed by atoms with Gasteiger partial charge >= 0.3 is 13.6 Å². The van der Waals surface area contributed by atoms with Gasteiger partial charge in [-0.05, 0) is 12.1 Å². The Hall–Kier alpha value is -0.920. The Morgan fingerprint density at radius 1 is 1.40 bits per heavy atom. The molecule has 0 saturated carbocycles. The van der Waals surface area contributed by atoms with E-state index in [1.54, 1.807) is 0 Å². The summed E-state index contributed by atoms with van der Waals surface area (Å²) in [5.41, 5.74) is 0.835. The van der Waals surface area contributed by atoms with Crippen LogP contribution in [0.25, 0.3) is 10.2 Å². The first-order valence-electron chi connectivity index (χ1n) is 5.61. The van der Waals surface area contributed by atoms with Crippen LogP contribution in [-0.2, 0) is 9.36 Å². The highest BCUT2D eigenvalue weighted by Gasteiger charge is 2.27. The van der Waals surface area contributed by atoms with Crippen LogP contribution in [0.15, 0.2) is 28.6 Å². The van der Waals surface area contributed by atoms with Crippen LogP contribution in [0.2, 0.25) is 0 Å². The Morgan fingerprint density at radius 3 is 2.70 bits per heavy atom. The first kappa shape index (κ1) is 15.5. The molecule has 1 aromatic heterocycles. The molecule has 1 atom stereocenters. The van der Waals surface area contributed by atoms with Crippen LogP contribution in [-0.4, -0.2) is 37.8 Å². The van der Waals surface area contributed by atoms with Crippen molar-refractivity contribution in [2.75, 3.05) is 11.9 Å². The molecule has 0 fully saturated rings. The van der Waals surface area contributed by atoms with Crippen molar-refractivity contribution in [1.29, 1.82) is 0 Å². The standard InChI is InChI=1S/C11H12NO5PS2/c13-10(14)7(5-18(15,16)17)6-19-11-12-8-3-1-2-4-9(8)20-11/h1-4,7H,5-6H2,(H,13,14)(H2,15,16,17). The van der Waals surface area contributed by atoms with Crippen molar-refractivity contribution in [3.8, 4) is 0 Å². The zero-order valence-electron chi connectivity index (χ0n) is 10.2. The maximum Gasteiger partial charge on any atom is 0.326 e. The summed E-state index contributed by atoms with van der Waals surface area (Å²) in [6, 6.07) is 7.54. The zero-order chi connectivity index (χ0) is 14.8. The number of benzene rings is 1. The number of carboxylic acids is 1. The Bertz CT molecular complexity index is 635. The second-order valence-corrected chi connectivity index (χ2v) is 8.13. The fourth-order valence-electron chi connectivity index (χ4n) is 1.57. The summed E-state index contributed by atoms with van der Waals surface area (Å²) in [5, 5.41) is 8.98. The van der Waals surface area contributed by atoms with Crippen molar-refractivity contribution < 1.29 is 24.3 Å². The van der Waals surface area contributed by atoms with Gasteiger partial charge in [0.2, 0.25) is 0 Å². The molecule has 2 aromatic rings. The molecular formula is C11H12NO5PS2. The Kier molecular flexibility index (Phi) is 4.82. The molecule has 0 spiro atoms. The summed E-state index contributed by atoms with van der Waals surface area (Å²) in [6.07, 6.45) is -0.653. The van der Waals surface area contributed by atoms with E-state index in [4.69, 9.17) is 14.9 Å². The molecular weight excluding hydrogens is 321 g/mol. The van der Waals surface area contributed by atoms with Gasteiger partial charge < -0.3 is 14.9 Å². The van der Waals surface area contributed by atoms with Crippen molar-refractivity contribution in [3.63, 3.8) is 0 Å². The monoisotopic (exact) mass is 333 g/mol. The Morgan fingerprint density at radius 2 is 2.10 bits per heavy atom. The predicted molar refractivity (Wildman–Crippen MR) is 78.4 cm³/mol. The molecule has 2 rings (SSSR count). The Balaban J connectivity index is 2.05. The van der Waals surface area contributed by atoms with E-state index in [1.165, 1.54) is 23.1 Å². The number of thioether (sulfide) groups is 1. The first-order chi connectivity index (χ1) is 9.35. The minimum atomic E-state index is -4.34. The molecule has 0 radical (unpaired) electrons. The van der Waals surface area contributed by atoms with Crippen molar-refractivity contribution >= 4 is 46.9 Å². The van der Waals surface area contributed by atoms with Crippen molar-refractivity contribution in [3.05, 3.63) is 24.3 Å². The highest BCUT2D eigenvalue weighted by atomic mass is 32.2. The molecule has 108 valence electrons. The quantitative estimate of drug-likeness (QED) is 0.550. The number of hydrogen-bond acceptors (Lipinski definition) is 5. The zero-order valence-corrected chi connectivity index (χ0v) is 12.7. The lowest BCUT2D eigenvalue weighted by molar-refractivity contribution is -0.140. The normalized spacial score (nSPS) is 13.5. The number of nitrogens with zero attached hydrogens (tertiary/aromatic N) is 1. The third kappa shape index (κ3) is 4.29. The van der Waals surface area contributed by atoms with Gasteiger partial charge in [-0.25, -0.2) is 4.98 Å². The fraction of sp³-hybridized carbons (Fsp3) is 0.273. The molecule has 0 amide bonds. The number of carbonyl (C=O) groups is 1. The van der Waals surface area contributed by atoms with Crippen LogP contribution in [0, 0.1) is 5.92 Å². The average Bonchev–Trinajstić information content (AvgIpc) is 2.75. The Labute approximate surface area is 123 Å². The van der Waals surface area contributed by atoms with E-state index in [0.717, 1.165) is 10.2 Å². The van der Waals surface area contributed by atoms with E-state index >= 15 is 0 Å². The summed E-state index contributed by atoms with van der Waals surface area (Å²) in [4.78, 5) is 33.1. The first-order valence-corrected chi connectivity index (χ1v) is 9.21. The van der Waals surface area contributed by atoms with Gasteiger partial charge in [0.05, 0.1) is 22.3 Å². The van der Waals surface area contributed by atoms with E-state index in [1.807, 2.05) is 24.3 Å². The van der Waals surface area contributed by atoms with E-state index < -0.39 is 25.6 Å². The van der Waals surface area contributed by atoms with Gasteiger partial charge in [-0.15, -0.1) is 11.3 Å². The third-order valence-electron chi connectivity index (χ3n) is 2.49. The van der Waals surface area contributed by atoms with Gasteiger partial charge in [0.15, 0.2) is 4.34 Å². The fourth-order valence-corrected chi connectivity index (χ4v) is 4.78. The summed E-state index contributed by atoms with van der Waals surface area (Å²) in [7, 11) is -4.34. The molecule has 6 nitrogen and oxygen atoms in total. The van der Waals surface area contributed by atoms with Gasteiger partial charge in [-0.3, -0.25) is 9.36 Å². The van der Waals surface area contributed by atoms with Crippen molar-refractivity contribution in [1.82, 2.24) is 4.98 Å². The van der Waals surface area contributed by atoms with E-state index in [-0.39, 0.29) is 5.75 Å². The molecule has 0 aliphatic carbocycles. The number of para-hydroxylation sites is 1. The molecule has 0 saturated heterocycles. The number of hydrogen-bond donors (Lipinski definition) is 3. The van der Waals surface area contributed by atoms with E-state index in [0.29, 0.717) is 4.34 Å². The molecule has 0 bridgehead atoms. The molecule has 1 unspecified atom stereocenters. The molecule has 20 heavy (non-hydrogen) atoms. The molecule has 3 N–H and O–H groups in total. The molecule has 0 aliphatic rings. The van der Waals surface area contributed by atoms with Gasteiger partial charge in [0.1, 0.15) is 0 Å². The summed E-state index contributed by atoms with van der Waals surface area (Å²) in [6.45, 7) is 0. The van der Waals surface area contributed by atoms with Crippen LogP contribution in [0.3, 0.4) is 0 Å². The van der Waals surface area contributed by atoms with Crippen LogP contribution in [0.5, 0.6) is 0 Å². The number of fused-ring (bicyclic) bond motifs is 1. The lowest BCUT2D eigenvalue weighted by atomic mass is 10.2. The third-order valence-corrected chi connectivity index (χ3v) is 5.75. The number of rotatable bonds is 6. The number of aliphatic carboxylic acids is 1. The smallest absolute Gasteiger partial charge is 0.326 e. The number of carboxylic acid groups (broad SMARTS) is 1. The van der Waals surface area contributed by atoms with Gasteiger partial charge in [-0.2, -0.15) is 0 Å². The topological polar surface area (TPSA) is 108 Å². The average molecular weight is 333 g/mol. The summed E-state index contributed by atoms with van der Waals surface area (Å²) in [5.74, 6) is -2.21. The van der Waals surface area contributed by atoms with E-state index in [9.17, 15) is 9.36 Å². The summed E-state index contributed by atoms with van der Waals surface area (Å²) < 4.78 is 12.6. The van der Waals surface area contributed by atoms with Gasteiger partial charge in [0, 0.05) is 5.75 Å². The molecule has 1 heterocycles. The number of thiazole rings is 1. The highest BCUT2D eigenvalue weighted by Crippen LogP contribution is 2.39. The van der Waals surface area contributed by atoms with Crippen LogP contribution in [0.4, 0.5) is 0 Å². The molecule has 0 aliphatic heterocycles. The van der Waals surface area contributed by atoms with Crippen molar-refractivity contribution in [2.45, 2.75) is 4.34 Å². The second-order valence-electron chi connectivity index (χ2n) is 4.14. The number of aromatic nitrogens is 1. The van der Waals surface area contributed by atoms with Gasteiger partial charge in [0.25, 0.3) is 0 Å². The lowest BCUT2D eigenvalue weighted by Gasteiger charge is -2.11. The maximum atomic E-state index is 11.0. The molecule has 1 aromatic carbocycles. The molecule has 9 heteroatoms. The predicted octanol–water partition coefficient (Wildman–Crippen LogP) is 2.27. The minimum absolute atomic E-state index is 0.0836. The minimum Gasteiger partial charge on any atom is -0.481 e.